The zero-order valence-corrected chi connectivity index (χ0v) is 22.0. The topological polar surface area (TPSA) is 47.4 Å². The molecule has 5 nitrogen and oxygen atoms in total. The van der Waals surface area contributed by atoms with E-state index in [1.807, 2.05) is 18.2 Å². The van der Waals surface area contributed by atoms with Gasteiger partial charge in [-0.15, -0.1) is 0 Å². The van der Waals surface area contributed by atoms with Gasteiger partial charge in [0.1, 0.15) is 11.6 Å². The highest BCUT2D eigenvalue weighted by atomic mass is 19.1. The highest BCUT2D eigenvalue weighted by Gasteiger charge is 2.21. The Kier molecular flexibility index (Phi) is 8.94. The zero-order chi connectivity index (χ0) is 26.2. The van der Waals surface area contributed by atoms with Gasteiger partial charge in [0.2, 0.25) is 5.88 Å². The monoisotopic (exact) mass is 501 g/mol. The van der Waals surface area contributed by atoms with Crippen molar-refractivity contribution in [3.05, 3.63) is 89.2 Å². The minimum atomic E-state index is -0.308. The van der Waals surface area contributed by atoms with Crippen LogP contribution in [0.5, 0.6) is 11.6 Å². The van der Waals surface area contributed by atoms with Crippen molar-refractivity contribution in [1.29, 1.82) is 0 Å². The van der Waals surface area contributed by atoms with E-state index in [1.165, 1.54) is 36.3 Å². The van der Waals surface area contributed by atoms with Gasteiger partial charge in [0.25, 0.3) is 5.56 Å². The molecule has 1 atom stereocenters. The summed E-state index contributed by atoms with van der Waals surface area (Å²) < 4.78 is 22.1. The molecule has 6 heteroatoms. The van der Waals surface area contributed by atoms with Gasteiger partial charge in [-0.2, -0.15) is 0 Å². The number of fused-ring (bicyclic) bond motifs is 1. The van der Waals surface area contributed by atoms with Crippen LogP contribution < -0.4 is 15.2 Å². The lowest BCUT2D eigenvalue weighted by Gasteiger charge is -2.19. The lowest BCUT2D eigenvalue weighted by atomic mass is 10.1. The molecule has 3 heterocycles. The molecule has 1 aliphatic heterocycles. The smallest absolute Gasteiger partial charge is 0.262 e. The third kappa shape index (κ3) is 6.56. The maximum absolute atomic E-state index is 14.8. The molecule has 2 aromatic heterocycles. The first-order valence-corrected chi connectivity index (χ1v) is 13.3. The van der Waals surface area contributed by atoms with Crippen molar-refractivity contribution < 1.29 is 9.13 Å². The van der Waals surface area contributed by atoms with Crippen LogP contribution in [0.3, 0.4) is 0 Å². The van der Waals surface area contributed by atoms with Crippen molar-refractivity contribution in [1.82, 2.24) is 9.55 Å². The Bertz CT molecular complexity index is 1370. The normalized spacial score (nSPS) is 14.9. The maximum atomic E-state index is 14.8. The van der Waals surface area contributed by atoms with Gasteiger partial charge in [-0.25, -0.2) is 9.37 Å². The largest absolute Gasteiger partial charge is 0.439 e. The fraction of sp³-hybridized carbons (Fsp3) is 0.355. The Morgan fingerprint density at radius 2 is 1.84 bits per heavy atom. The molecule has 4 aromatic rings. The molecule has 0 amide bonds. The van der Waals surface area contributed by atoms with E-state index in [9.17, 15) is 9.18 Å². The summed E-state index contributed by atoms with van der Waals surface area (Å²) in [5.74, 6) is 1.34. The van der Waals surface area contributed by atoms with Gasteiger partial charge in [-0.3, -0.25) is 9.36 Å². The third-order valence-electron chi connectivity index (χ3n) is 6.67. The molecule has 0 bridgehead atoms. The van der Waals surface area contributed by atoms with E-state index in [0.29, 0.717) is 34.3 Å². The summed E-state index contributed by atoms with van der Waals surface area (Å²) in [4.78, 5) is 19.3. The highest BCUT2D eigenvalue weighted by molar-refractivity contribution is 5.83. The highest BCUT2D eigenvalue weighted by Crippen LogP contribution is 2.28. The second kappa shape index (κ2) is 12.5. The molecular formula is C31H36FN3O2. The summed E-state index contributed by atoms with van der Waals surface area (Å²) in [5, 5.41) is 1.28. The van der Waals surface area contributed by atoms with Crippen LogP contribution in [0.25, 0.3) is 16.5 Å². The number of nitrogens with zero attached hydrogens (tertiary/aromatic N) is 3. The Morgan fingerprint density at radius 1 is 1.03 bits per heavy atom. The summed E-state index contributed by atoms with van der Waals surface area (Å²) >= 11 is 0. The number of hydrogen-bond donors (Lipinski definition) is 0. The number of aromatic nitrogens is 2. The minimum absolute atomic E-state index is 0.205. The van der Waals surface area contributed by atoms with Gasteiger partial charge in [0.15, 0.2) is 0 Å². The van der Waals surface area contributed by atoms with Crippen LogP contribution in [-0.2, 0) is 0 Å². The summed E-state index contributed by atoms with van der Waals surface area (Å²) in [6.45, 7) is 8.35. The van der Waals surface area contributed by atoms with Crippen LogP contribution in [0.4, 0.5) is 10.1 Å². The van der Waals surface area contributed by atoms with Crippen molar-refractivity contribution in [2.75, 3.05) is 18.0 Å². The number of anilines is 1. The molecule has 1 fully saturated rings. The number of benzene rings is 2. The van der Waals surface area contributed by atoms with Crippen LogP contribution in [0, 0.1) is 11.7 Å². The first-order valence-electron chi connectivity index (χ1n) is 13.3. The second-order valence-electron chi connectivity index (χ2n) is 9.69. The quantitative estimate of drug-likeness (QED) is 0.243. The van der Waals surface area contributed by atoms with Crippen LogP contribution in [0.2, 0.25) is 0 Å². The average molecular weight is 502 g/mol. The van der Waals surface area contributed by atoms with Crippen molar-refractivity contribution >= 4 is 16.5 Å². The second-order valence-corrected chi connectivity index (χ2v) is 9.69. The number of ether oxygens (including phenoxy) is 1. The Balaban J connectivity index is 0.000000480. The van der Waals surface area contributed by atoms with E-state index in [-0.39, 0.29) is 11.4 Å². The number of rotatable bonds is 7. The molecule has 1 aliphatic rings. The zero-order valence-electron chi connectivity index (χ0n) is 22.0. The number of pyridine rings is 2. The van der Waals surface area contributed by atoms with Crippen molar-refractivity contribution in [3.63, 3.8) is 0 Å². The molecule has 0 N–H and O–H groups in total. The third-order valence-corrected chi connectivity index (χ3v) is 6.67. The molecule has 0 spiro atoms. The standard InChI is InChI=1S/C25H22FN3O2.C6H14/c1-17-9-12-28(16-17)23-8-5-19(15-22(23)26)29-13-10-18-14-20(6-7-21(18)25(29)30)31-24-4-2-3-11-27-24;1-3-5-6-4-2/h2-8,10-11,13-15,17H,9,12,16H2,1H3;3-6H2,1-2H3. The lowest BCUT2D eigenvalue weighted by molar-refractivity contribution is 0.463. The molecule has 37 heavy (non-hydrogen) atoms. The fourth-order valence-corrected chi connectivity index (χ4v) is 4.58. The fourth-order valence-electron chi connectivity index (χ4n) is 4.58. The van der Waals surface area contributed by atoms with Crippen LogP contribution in [0.15, 0.2) is 77.9 Å². The van der Waals surface area contributed by atoms with E-state index in [4.69, 9.17) is 4.74 Å². The molecule has 0 radical (unpaired) electrons. The molecule has 2 aromatic carbocycles. The van der Waals surface area contributed by atoms with Gasteiger partial charge < -0.3 is 9.64 Å². The van der Waals surface area contributed by atoms with Crippen LogP contribution in [-0.4, -0.2) is 22.6 Å². The van der Waals surface area contributed by atoms with Crippen LogP contribution >= 0.6 is 0 Å². The van der Waals surface area contributed by atoms with E-state index >= 15 is 0 Å². The van der Waals surface area contributed by atoms with Gasteiger partial charge in [-0.1, -0.05) is 52.5 Å². The Hall–Kier alpha value is -3.67. The summed E-state index contributed by atoms with van der Waals surface area (Å²) in [5.41, 5.74) is 0.899. The molecule has 0 aliphatic carbocycles. The van der Waals surface area contributed by atoms with E-state index in [2.05, 4.69) is 30.7 Å². The van der Waals surface area contributed by atoms with Crippen LogP contribution in [0.1, 0.15) is 52.9 Å². The SMILES string of the molecule is CC1CCN(c2ccc(-n3ccc4cc(Oc5ccccn5)ccc4c3=O)cc2F)C1.CCCCCC. The van der Waals surface area contributed by atoms with Gasteiger partial charge in [-0.05, 0) is 60.2 Å². The molecule has 5 rings (SSSR count). The van der Waals surface area contributed by atoms with Crippen molar-refractivity contribution in [2.45, 2.75) is 52.9 Å². The lowest BCUT2D eigenvalue weighted by Crippen LogP contribution is -2.21. The average Bonchev–Trinajstić information content (AvgIpc) is 3.34. The first kappa shape index (κ1) is 26.4. The molecule has 194 valence electrons. The van der Waals surface area contributed by atoms with E-state index in [1.54, 1.807) is 48.8 Å². The van der Waals surface area contributed by atoms with Crippen molar-refractivity contribution in [3.8, 4) is 17.3 Å². The molecule has 0 saturated carbocycles. The van der Waals surface area contributed by atoms with E-state index in [0.717, 1.165) is 24.9 Å². The summed E-state index contributed by atoms with van der Waals surface area (Å²) in [6.07, 6.45) is 9.93. The summed E-state index contributed by atoms with van der Waals surface area (Å²) in [7, 11) is 0. The van der Waals surface area contributed by atoms with Gasteiger partial charge >= 0.3 is 0 Å². The first-order chi connectivity index (χ1) is 18.0. The summed E-state index contributed by atoms with van der Waals surface area (Å²) in [6, 6.07) is 17.5. The number of unbranched alkanes of at least 4 members (excludes halogenated alkanes) is 3. The van der Waals surface area contributed by atoms with Gasteiger partial charge in [0.05, 0.1) is 11.4 Å². The molecule has 1 unspecified atom stereocenters. The predicted molar refractivity (Wildman–Crippen MR) is 150 cm³/mol. The predicted octanol–water partition coefficient (Wildman–Crippen LogP) is 7.75. The number of halogens is 1. The molecular weight excluding hydrogens is 465 g/mol. The molecule has 1 saturated heterocycles. The maximum Gasteiger partial charge on any atom is 0.262 e. The van der Waals surface area contributed by atoms with Gasteiger partial charge in [0, 0.05) is 43.0 Å². The number of hydrogen-bond acceptors (Lipinski definition) is 4. The van der Waals surface area contributed by atoms with E-state index < -0.39 is 0 Å². The Labute approximate surface area is 218 Å². The Morgan fingerprint density at radius 3 is 2.49 bits per heavy atom. The minimum Gasteiger partial charge on any atom is -0.439 e. The van der Waals surface area contributed by atoms with Crippen molar-refractivity contribution in [2.24, 2.45) is 5.92 Å².